The predicted molar refractivity (Wildman–Crippen MR) is 104 cm³/mol. The van der Waals surface area contributed by atoms with Crippen LogP contribution in [0.5, 0.6) is 0 Å². The van der Waals surface area contributed by atoms with E-state index >= 15 is 0 Å². The van der Waals surface area contributed by atoms with Gasteiger partial charge in [0.2, 0.25) is 5.95 Å². The highest BCUT2D eigenvalue weighted by Crippen LogP contribution is 2.26. The number of anilines is 2. The van der Waals surface area contributed by atoms with E-state index in [0.717, 1.165) is 23.3 Å². The van der Waals surface area contributed by atoms with E-state index in [1.807, 2.05) is 24.3 Å². The Hall–Kier alpha value is -2.62. The van der Waals surface area contributed by atoms with Crippen LogP contribution >= 0.6 is 0 Å². The average molecular weight is 332 g/mol. The van der Waals surface area contributed by atoms with Gasteiger partial charge < -0.3 is 10.6 Å². The molecule has 0 unspecified atom stereocenters. The number of benzene rings is 2. The summed E-state index contributed by atoms with van der Waals surface area (Å²) in [7, 11) is 0. The predicted octanol–water partition coefficient (Wildman–Crippen LogP) is 4.99. The first-order valence-electron chi connectivity index (χ1n) is 9.19. The van der Waals surface area contributed by atoms with Crippen molar-refractivity contribution in [3.63, 3.8) is 0 Å². The molecule has 2 aromatic carbocycles. The van der Waals surface area contributed by atoms with Gasteiger partial charge in [-0.15, -0.1) is 0 Å². The Kier molecular flexibility index (Phi) is 4.77. The fourth-order valence-electron chi connectivity index (χ4n) is 3.48. The Morgan fingerprint density at radius 3 is 2.44 bits per heavy atom. The number of nitrogens with zero attached hydrogens (tertiary/aromatic N) is 2. The number of hydrogen-bond acceptors (Lipinski definition) is 4. The molecule has 128 valence electrons. The van der Waals surface area contributed by atoms with E-state index < -0.39 is 0 Å². The molecule has 25 heavy (non-hydrogen) atoms. The third-order valence-corrected chi connectivity index (χ3v) is 4.84. The topological polar surface area (TPSA) is 49.8 Å². The van der Waals surface area contributed by atoms with Crippen molar-refractivity contribution in [1.29, 1.82) is 0 Å². The maximum absolute atomic E-state index is 4.78. The molecule has 4 nitrogen and oxygen atoms in total. The van der Waals surface area contributed by atoms with Gasteiger partial charge in [0, 0.05) is 18.0 Å². The van der Waals surface area contributed by atoms with E-state index in [4.69, 9.17) is 4.98 Å². The van der Waals surface area contributed by atoms with Crippen molar-refractivity contribution < 1.29 is 0 Å². The minimum atomic E-state index is 0.522. The lowest BCUT2D eigenvalue weighted by Crippen LogP contribution is -2.23. The third-order valence-electron chi connectivity index (χ3n) is 4.84. The average Bonchev–Trinajstić information content (AvgIpc) is 2.68. The van der Waals surface area contributed by atoms with Gasteiger partial charge in [0.25, 0.3) is 0 Å². The number of fused-ring (bicyclic) bond motifs is 1. The van der Waals surface area contributed by atoms with E-state index in [0.29, 0.717) is 12.0 Å². The van der Waals surface area contributed by atoms with Crippen molar-refractivity contribution in [3.05, 3.63) is 60.2 Å². The Bertz CT molecular complexity index is 826. The van der Waals surface area contributed by atoms with Gasteiger partial charge in [0.05, 0.1) is 5.52 Å². The molecule has 0 radical (unpaired) electrons. The molecule has 1 aromatic heterocycles. The number of aromatic nitrogens is 2. The molecule has 3 aromatic rings. The minimum Gasteiger partial charge on any atom is -0.367 e. The van der Waals surface area contributed by atoms with Crippen molar-refractivity contribution in [2.75, 3.05) is 10.6 Å². The van der Waals surface area contributed by atoms with Crippen LogP contribution in [0.1, 0.15) is 37.7 Å². The third kappa shape index (κ3) is 3.90. The van der Waals surface area contributed by atoms with Crippen LogP contribution in [0.3, 0.4) is 0 Å². The van der Waals surface area contributed by atoms with Crippen LogP contribution < -0.4 is 10.6 Å². The van der Waals surface area contributed by atoms with Gasteiger partial charge in [-0.3, -0.25) is 0 Å². The lowest BCUT2D eigenvalue weighted by atomic mass is 9.95. The minimum absolute atomic E-state index is 0.522. The molecule has 1 saturated carbocycles. The van der Waals surface area contributed by atoms with E-state index in [1.165, 1.54) is 37.7 Å². The highest BCUT2D eigenvalue weighted by molar-refractivity contribution is 5.90. The monoisotopic (exact) mass is 332 g/mol. The molecule has 0 aliphatic heterocycles. The summed E-state index contributed by atoms with van der Waals surface area (Å²) < 4.78 is 0. The van der Waals surface area contributed by atoms with Gasteiger partial charge in [-0.25, -0.2) is 4.98 Å². The SMILES string of the molecule is c1ccc(CNc2nc(NC3CCCCC3)c3ccccc3n2)cc1. The fourth-order valence-corrected chi connectivity index (χ4v) is 3.48. The zero-order valence-corrected chi connectivity index (χ0v) is 14.4. The Morgan fingerprint density at radius 1 is 0.840 bits per heavy atom. The van der Waals surface area contributed by atoms with Crippen LogP contribution in [0.25, 0.3) is 10.9 Å². The largest absolute Gasteiger partial charge is 0.367 e. The molecule has 0 bridgehead atoms. The number of rotatable bonds is 5. The van der Waals surface area contributed by atoms with Crippen molar-refractivity contribution in [2.24, 2.45) is 0 Å². The molecule has 4 heteroatoms. The molecule has 0 saturated heterocycles. The van der Waals surface area contributed by atoms with Crippen molar-refractivity contribution >= 4 is 22.7 Å². The molecule has 2 N–H and O–H groups in total. The van der Waals surface area contributed by atoms with Gasteiger partial charge in [0.1, 0.15) is 5.82 Å². The smallest absolute Gasteiger partial charge is 0.225 e. The molecular weight excluding hydrogens is 308 g/mol. The summed E-state index contributed by atoms with van der Waals surface area (Å²) in [6.45, 7) is 0.724. The second-order valence-electron chi connectivity index (χ2n) is 6.73. The molecule has 1 aliphatic rings. The van der Waals surface area contributed by atoms with Crippen LogP contribution in [0.15, 0.2) is 54.6 Å². The number of para-hydroxylation sites is 1. The van der Waals surface area contributed by atoms with E-state index in [1.54, 1.807) is 0 Å². The molecular formula is C21H24N4. The van der Waals surface area contributed by atoms with Gasteiger partial charge >= 0.3 is 0 Å². The Morgan fingerprint density at radius 2 is 1.60 bits per heavy atom. The summed E-state index contributed by atoms with van der Waals surface area (Å²) in [6.07, 6.45) is 6.42. The van der Waals surface area contributed by atoms with Gasteiger partial charge in [-0.2, -0.15) is 4.98 Å². The van der Waals surface area contributed by atoms with E-state index in [-0.39, 0.29) is 0 Å². The van der Waals surface area contributed by atoms with Gasteiger partial charge in [-0.1, -0.05) is 61.7 Å². The summed E-state index contributed by atoms with van der Waals surface area (Å²) in [5, 5.41) is 8.14. The number of nitrogens with one attached hydrogen (secondary N) is 2. The molecule has 0 amide bonds. The van der Waals surface area contributed by atoms with Crippen molar-refractivity contribution in [2.45, 2.75) is 44.7 Å². The maximum Gasteiger partial charge on any atom is 0.225 e. The van der Waals surface area contributed by atoms with Crippen LogP contribution in [0, 0.1) is 0 Å². The van der Waals surface area contributed by atoms with Crippen molar-refractivity contribution in [1.82, 2.24) is 9.97 Å². The first-order valence-corrected chi connectivity index (χ1v) is 9.19. The molecule has 0 spiro atoms. The first kappa shape index (κ1) is 15.9. The standard InChI is InChI=1S/C21H24N4/c1-3-9-16(10-4-1)15-22-21-24-19-14-8-7-13-18(19)20(25-21)23-17-11-5-2-6-12-17/h1,3-4,7-10,13-14,17H,2,5-6,11-12,15H2,(H2,22,23,24,25). The fraction of sp³-hybridized carbons (Fsp3) is 0.333. The highest BCUT2D eigenvalue weighted by Gasteiger charge is 2.16. The Labute approximate surface area is 148 Å². The highest BCUT2D eigenvalue weighted by atomic mass is 15.1. The van der Waals surface area contributed by atoms with E-state index in [9.17, 15) is 0 Å². The molecule has 1 fully saturated rings. The van der Waals surface area contributed by atoms with Gasteiger partial charge in [-0.05, 0) is 30.5 Å². The first-order chi connectivity index (χ1) is 12.4. The summed E-state index contributed by atoms with van der Waals surface area (Å²) in [4.78, 5) is 9.46. The maximum atomic E-state index is 4.78. The summed E-state index contributed by atoms with van der Waals surface area (Å²) in [6, 6.07) is 19.1. The quantitative estimate of drug-likeness (QED) is 0.691. The van der Waals surface area contributed by atoms with Crippen LogP contribution in [0.2, 0.25) is 0 Å². The normalized spacial score (nSPS) is 15.2. The second-order valence-corrected chi connectivity index (χ2v) is 6.73. The zero-order chi connectivity index (χ0) is 16.9. The summed E-state index contributed by atoms with van der Waals surface area (Å²) in [5.41, 5.74) is 2.20. The lowest BCUT2D eigenvalue weighted by molar-refractivity contribution is 0.462. The molecule has 0 atom stereocenters. The Balaban J connectivity index is 1.58. The molecule has 1 heterocycles. The zero-order valence-electron chi connectivity index (χ0n) is 14.4. The number of hydrogen-bond donors (Lipinski definition) is 2. The van der Waals surface area contributed by atoms with Crippen LogP contribution in [0.4, 0.5) is 11.8 Å². The lowest BCUT2D eigenvalue weighted by Gasteiger charge is -2.24. The van der Waals surface area contributed by atoms with Crippen molar-refractivity contribution in [3.8, 4) is 0 Å². The van der Waals surface area contributed by atoms with Crippen LogP contribution in [-0.4, -0.2) is 16.0 Å². The summed E-state index contributed by atoms with van der Waals surface area (Å²) in [5.74, 6) is 1.63. The summed E-state index contributed by atoms with van der Waals surface area (Å²) >= 11 is 0. The molecule has 1 aliphatic carbocycles. The second kappa shape index (κ2) is 7.51. The van der Waals surface area contributed by atoms with E-state index in [2.05, 4.69) is 45.9 Å². The van der Waals surface area contributed by atoms with Gasteiger partial charge in [0.15, 0.2) is 0 Å². The van der Waals surface area contributed by atoms with Crippen LogP contribution in [-0.2, 0) is 6.54 Å². The molecule has 4 rings (SSSR count).